The zero-order valence-electron chi connectivity index (χ0n) is 20.3. The van der Waals surface area contributed by atoms with Crippen molar-refractivity contribution >= 4 is 44.4 Å². The summed E-state index contributed by atoms with van der Waals surface area (Å²) in [6.45, 7) is 13.9. The van der Waals surface area contributed by atoms with Gasteiger partial charge in [-0.1, -0.05) is 22.5 Å². The molecule has 7 nitrogen and oxygen atoms in total. The summed E-state index contributed by atoms with van der Waals surface area (Å²) < 4.78 is 8.52. The number of fused-ring (bicyclic) bond motifs is 1. The van der Waals surface area contributed by atoms with E-state index in [1.807, 2.05) is 49.3 Å². The lowest BCUT2D eigenvalue weighted by molar-refractivity contribution is -0.134. The lowest BCUT2D eigenvalue weighted by atomic mass is 9.94. The third-order valence-corrected chi connectivity index (χ3v) is 7.44. The van der Waals surface area contributed by atoms with E-state index in [-0.39, 0.29) is 42.1 Å². The molecule has 2 aliphatic heterocycles. The SMILES string of the molecule is C=CC(=O)N1CC(CC(=O)Cn2c(C)c(C(=O)N3C(C)COCC3C)c3cc(Br)cc(C)c32)C1. The molecule has 0 N–H and O–H groups in total. The number of aromatic nitrogens is 1. The van der Waals surface area contributed by atoms with Crippen LogP contribution in [-0.2, 0) is 20.9 Å². The Morgan fingerprint density at radius 1 is 1.15 bits per heavy atom. The second-order valence-corrected chi connectivity index (χ2v) is 10.6. The van der Waals surface area contributed by atoms with Gasteiger partial charge in [-0.2, -0.15) is 0 Å². The maximum absolute atomic E-state index is 13.9. The van der Waals surface area contributed by atoms with Crippen molar-refractivity contribution in [1.82, 2.24) is 14.4 Å². The molecular formula is C26H32BrN3O4. The van der Waals surface area contributed by atoms with E-state index in [1.165, 1.54) is 6.08 Å². The summed E-state index contributed by atoms with van der Waals surface area (Å²) in [6, 6.07) is 3.94. The fourth-order valence-electron chi connectivity index (χ4n) is 5.35. The molecule has 0 radical (unpaired) electrons. The molecule has 0 aliphatic carbocycles. The van der Waals surface area contributed by atoms with Crippen molar-refractivity contribution in [3.05, 3.63) is 46.1 Å². The first kappa shape index (κ1) is 24.7. The highest BCUT2D eigenvalue weighted by Gasteiger charge is 2.35. The Hall–Kier alpha value is -2.45. The van der Waals surface area contributed by atoms with Gasteiger partial charge in [-0.3, -0.25) is 14.4 Å². The number of nitrogens with zero attached hydrogens (tertiary/aromatic N) is 3. The van der Waals surface area contributed by atoms with Gasteiger partial charge in [0.15, 0.2) is 5.78 Å². The fourth-order valence-corrected chi connectivity index (χ4v) is 5.93. The van der Waals surface area contributed by atoms with E-state index in [0.717, 1.165) is 26.6 Å². The smallest absolute Gasteiger partial charge is 0.256 e. The van der Waals surface area contributed by atoms with Gasteiger partial charge in [0.05, 0.1) is 42.9 Å². The molecule has 8 heteroatoms. The summed E-state index contributed by atoms with van der Waals surface area (Å²) in [5.74, 6) is 0.161. The number of rotatable bonds is 6. The number of morpholine rings is 1. The van der Waals surface area contributed by atoms with Gasteiger partial charge in [0.2, 0.25) is 5.91 Å². The van der Waals surface area contributed by atoms with E-state index < -0.39 is 0 Å². The van der Waals surface area contributed by atoms with Crippen LogP contribution < -0.4 is 0 Å². The summed E-state index contributed by atoms with van der Waals surface area (Å²) in [6.07, 6.45) is 1.72. The highest BCUT2D eigenvalue weighted by atomic mass is 79.9. The molecule has 2 unspecified atom stereocenters. The van der Waals surface area contributed by atoms with Crippen LogP contribution in [0, 0.1) is 19.8 Å². The van der Waals surface area contributed by atoms with Crippen molar-refractivity contribution in [3.63, 3.8) is 0 Å². The largest absolute Gasteiger partial charge is 0.377 e. The molecule has 2 saturated heterocycles. The van der Waals surface area contributed by atoms with Gasteiger partial charge in [0, 0.05) is 41.0 Å². The van der Waals surface area contributed by atoms with Crippen LogP contribution in [-0.4, -0.2) is 70.4 Å². The number of benzene rings is 1. The Labute approximate surface area is 208 Å². The standard InChI is InChI=1S/C26H32BrN3O4/c1-6-23(32)28-10-19(11-28)8-21(31)12-29-18(5)24(22-9-20(27)7-15(2)25(22)29)26(33)30-16(3)13-34-14-17(30)4/h6-7,9,16-17,19H,1,8,10-14H2,2-5H3. The molecule has 2 atom stereocenters. The van der Waals surface area contributed by atoms with Gasteiger partial charge in [-0.15, -0.1) is 0 Å². The lowest BCUT2D eigenvalue weighted by Crippen LogP contribution is -2.52. The number of Topliss-reactive ketones (excluding diaryl/α,β-unsaturated/α-hetero) is 1. The Kier molecular flexibility index (Phi) is 7.01. The number of carbonyl (C=O) groups is 3. The normalized spacial score (nSPS) is 21.0. The minimum Gasteiger partial charge on any atom is -0.377 e. The third kappa shape index (κ3) is 4.45. The number of halogens is 1. The second kappa shape index (κ2) is 9.66. The van der Waals surface area contributed by atoms with E-state index in [1.54, 1.807) is 4.90 Å². The van der Waals surface area contributed by atoms with E-state index in [9.17, 15) is 14.4 Å². The van der Waals surface area contributed by atoms with Crippen LogP contribution >= 0.6 is 15.9 Å². The third-order valence-electron chi connectivity index (χ3n) is 6.98. The zero-order valence-corrected chi connectivity index (χ0v) is 21.9. The zero-order chi connectivity index (χ0) is 24.7. The minimum atomic E-state index is -0.0909. The molecule has 182 valence electrons. The average molecular weight is 530 g/mol. The Morgan fingerprint density at radius 2 is 1.79 bits per heavy atom. The summed E-state index contributed by atoms with van der Waals surface area (Å²) >= 11 is 3.58. The van der Waals surface area contributed by atoms with Crippen LogP contribution in [0.1, 0.15) is 41.9 Å². The molecule has 1 aromatic heterocycles. The van der Waals surface area contributed by atoms with E-state index in [0.29, 0.717) is 38.3 Å². The van der Waals surface area contributed by atoms with Crippen molar-refractivity contribution in [2.75, 3.05) is 26.3 Å². The van der Waals surface area contributed by atoms with Crippen LogP contribution in [0.2, 0.25) is 0 Å². The molecule has 34 heavy (non-hydrogen) atoms. The first-order valence-corrected chi connectivity index (χ1v) is 12.5. The maximum atomic E-state index is 13.9. The van der Waals surface area contributed by atoms with Gasteiger partial charge in [0.25, 0.3) is 5.91 Å². The van der Waals surface area contributed by atoms with Crippen molar-refractivity contribution in [3.8, 4) is 0 Å². The maximum Gasteiger partial charge on any atom is 0.256 e. The Bertz CT molecular complexity index is 1150. The van der Waals surface area contributed by atoms with Gasteiger partial charge < -0.3 is 19.1 Å². The van der Waals surface area contributed by atoms with Crippen molar-refractivity contribution < 1.29 is 19.1 Å². The van der Waals surface area contributed by atoms with Crippen LogP contribution in [0.5, 0.6) is 0 Å². The highest BCUT2D eigenvalue weighted by molar-refractivity contribution is 9.10. The number of ether oxygens (including phenoxy) is 1. The van der Waals surface area contributed by atoms with Crippen LogP contribution in [0.4, 0.5) is 0 Å². The number of hydrogen-bond acceptors (Lipinski definition) is 4. The monoisotopic (exact) mass is 529 g/mol. The van der Waals surface area contributed by atoms with E-state index >= 15 is 0 Å². The molecule has 3 heterocycles. The molecule has 0 spiro atoms. The molecular weight excluding hydrogens is 498 g/mol. The fraction of sp³-hybridized carbons (Fsp3) is 0.500. The summed E-state index contributed by atoms with van der Waals surface area (Å²) in [5.41, 5.74) is 3.38. The number of hydrogen-bond donors (Lipinski definition) is 0. The predicted molar refractivity (Wildman–Crippen MR) is 135 cm³/mol. The van der Waals surface area contributed by atoms with Gasteiger partial charge >= 0.3 is 0 Å². The summed E-state index contributed by atoms with van der Waals surface area (Å²) in [7, 11) is 0. The summed E-state index contributed by atoms with van der Waals surface area (Å²) in [5, 5.41) is 0.861. The predicted octanol–water partition coefficient (Wildman–Crippen LogP) is 3.87. The lowest BCUT2D eigenvalue weighted by Gasteiger charge is -2.39. The number of aryl methyl sites for hydroxylation is 1. The molecule has 2 amide bonds. The number of likely N-dealkylation sites (tertiary alicyclic amines) is 1. The van der Waals surface area contributed by atoms with E-state index in [2.05, 4.69) is 22.5 Å². The number of carbonyl (C=O) groups excluding carboxylic acids is 3. The van der Waals surface area contributed by atoms with Gasteiger partial charge in [0.1, 0.15) is 0 Å². The average Bonchev–Trinajstić information content (AvgIpc) is 3.00. The molecule has 2 aromatic rings. The van der Waals surface area contributed by atoms with E-state index in [4.69, 9.17) is 4.74 Å². The molecule has 2 aliphatic rings. The van der Waals surface area contributed by atoms with Crippen LogP contribution in [0.25, 0.3) is 10.9 Å². The molecule has 1 aromatic carbocycles. The number of ketones is 1. The van der Waals surface area contributed by atoms with Crippen LogP contribution in [0.3, 0.4) is 0 Å². The Balaban J connectivity index is 1.65. The Morgan fingerprint density at radius 3 is 2.41 bits per heavy atom. The minimum absolute atomic E-state index is 0.0212. The number of amides is 2. The topological polar surface area (TPSA) is 71.9 Å². The van der Waals surface area contributed by atoms with Crippen molar-refractivity contribution in [2.45, 2.75) is 52.7 Å². The first-order chi connectivity index (χ1) is 16.1. The summed E-state index contributed by atoms with van der Waals surface area (Å²) in [4.78, 5) is 42.2. The molecule has 2 fully saturated rings. The molecule has 0 bridgehead atoms. The first-order valence-electron chi connectivity index (χ1n) is 11.7. The van der Waals surface area contributed by atoms with Gasteiger partial charge in [-0.25, -0.2) is 0 Å². The van der Waals surface area contributed by atoms with Crippen molar-refractivity contribution in [2.24, 2.45) is 5.92 Å². The van der Waals surface area contributed by atoms with Gasteiger partial charge in [-0.05, 0) is 51.5 Å². The highest BCUT2D eigenvalue weighted by Crippen LogP contribution is 2.34. The van der Waals surface area contributed by atoms with Crippen molar-refractivity contribution in [1.29, 1.82) is 0 Å². The quantitative estimate of drug-likeness (QED) is 0.532. The molecule has 4 rings (SSSR count). The van der Waals surface area contributed by atoms with Crippen LogP contribution in [0.15, 0.2) is 29.3 Å². The second-order valence-electron chi connectivity index (χ2n) is 9.67. The molecule has 0 saturated carbocycles.